The van der Waals surface area contributed by atoms with Crippen LogP contribution in [-0.2, 0) is 10.0 Å². The Balaban J connectivity index is 2.28. The third-order valence-corrected chi connectivity index (χ3v) is 5.76. The van der Waals surface area contributed by atoms with Gasteiger partial charge in [-0.2, -0.15) is 4.31 Å². The van der Waals surface area contributed by atoms with Gasteiger partial charge in [-0.25, -0.2) is 13.2 Å². The predicted octanol–water partition coefficient (Wildman–Crippen LogP) is -2.33. The zero-order chi connectivity index (χ0) is 15.6. The van der Waals surface area contributed by atoms with E-state index >= 15 is 0 Å². The van der Waals surface area contributed by atoms with Crippen LogP contribution in [0.3, 0.4) is 0 Å². The van der Waals surface area contributed by atoms with Gasteiger partial charge in [0.05, 0.1) is 32.7 Å². The molecule has 0 bridgehead atoms. The largest absolute Gasteiger partial charge is 0.333 e. The lowest BCUT2D eigenvalue weighted by Crippen LogP contribution is -3.14. The molecule has 1 aromatic rings. The molecule has 0 amide bonds. The van der Waals surface area contributed by atoms with Crippen LogP contribution in [-0.4, -0.2) is 55.4 Å². The van der Waals surface area contributed by atoms with Gasteiger partial charge in [0.2, 0.25) is 0 Å². The summed E-state index contributed by atoms with van der Waals surface area (Å²) < 4.78 is 26.5. The Kier molecular flexibility index (Phi) is 4.64. The summed E-state index contributed by atoms with van der Waals surface area (Å²) in [5.41, 5.74) is -1.49. The lowest BCUT2D eigenvalue weighted by atomic mass is 10.3. The Morgan fingerprint density at radius 3 is 2.33 bits per heavy atom. The fraction of sp³-hybridized carbons (Fsp3) is 0.667. The van der Waals surface area contributed by atoms with E-state index in [4.69, 9.17) is 0 Å². The number of hydrogen-bond donors (Lipinski definition) is 3. The molecule has 0 radical (unpaired) electrons. The summed E-state index contributed by atoms with van der Waals surface area (Å²) in [6.45, 7) is 6.76. The molecule has 9 heteroatoms. The van der Waals surface area contributed by atoms with Crippen LogP contribution in [0.2, 0.25) is 0 Å². The first-order valence-electron chi connectivity index (χ1n) is 7.03. The molecule has 0 spiro atoms. The van der Waals surface area contributed by atoms with Crippen molar-refractivity contribution in [2.24, 2.45) is 0 Å². The van der Waals surface area contributed by atoms with E-state index < -0.39 is 21.3 Å². The molecule has 0 aromatic carbocycles. The molecule has 8 nitrogen and oxygen atoms in total. The molecular weight excluding hydrogens is 296 g/mol. The van der Waals surface area contributed by atoms with Gasteiger partial charge >= 0.3 is 5.69 Å². The van der Waals surface area contributed by atoms with Crippen molar-refractivity contribution in [3.63, 3.8) is 0 Å². The average Bonchev–Trinajstić information content (AvgIpc) is 2.38. The number of hydrogen-bond acceptors (Lipinski definition) is 4. The number of nitrogens with zero attached hydrogens (tertiary/aromatic N) is 1. The molecule has 1 aliphatic heterocycles. The number of sulfonamides is 1. The number of aromatic nitrogens is 2. The summed E-state index contributed by atoms with van der Waals surface area (Å²) in [7, 11) is -3.87. The van der Waals surface area contributed by atoms with Crippen molar-refractivity contribution < 1.29 is 13.3 Å². The minimum absolute atomic E-state index is 0.0760. The second kappa shape index (κ2) is 6.12. The zero-order valence-electron chi connectivity index (χ0n) is 12.2. The third-order valence-electron chi connectivity index (χ3n) is 3.71. The van der Waals surface area contributed by atoms with E-state index in [9.17, 15) is 18.0 Å². The minimum atomic E-state index is -3.87. The number of nitrogens with one attached hydrogen (secondary N) is 3. The minimum Gasteiger partial charge on any atom is -0.333 e. The Morgan fingerprint density at radius 1 is 1.19 bits per heavy atom. The van der Waals surface area contributed by atoms with Crippen molar-refractivity contribution in [2.75, 3.05) is 32.7 Å². The second-order valence-corrected chi connectivity index (χ2v) is 7.14. The molecule has 21 heavy (non-hydrogen) atoms. The van der Waals surface area contributed by atoms with Crippen molar-refractivity contribution in [1.82, 2.24) is 14.3 Å². The number of H-pyrrole nitrogens is 2. The standard InChI is InChI=1S/C12H20N4O4S/c1-3-4-15-5-7-16(8-6-15)21(19,20)10-9(2)13-12(18)14-11(10)17/h3-8H2,1-2H3,(H2,13,14,17,18)/p+1. The Hall–Kier alpha value is -1.45. The van der Waals surface area contributed by atoms with Crippen LogP contribution in [0.25, 0.3) is 0 Å². The van der Waals surface area contributed by atoms with Gasteiger partial charge in [-0.3, -0.25) is 9.78 Å². The van der Waals surface area contributed by atoms with Crippen LogP contribution < -0.4 is 16.1 Å². The van der Waals surface area contributed by atoms with Gasteiger partial charge in [0, 0.05) is 5.69 Å². The number of rotatable bonds is 4. The van der Waals surface area contributed by atoms with Crippen molar-refractivity contribution in [3.8, 4) is 0 Å². The van der Waals surface area contributed by atoms with Gasteiger partial charge in [-0.15, -0.1) is 0 Å². The third kappa shape index (κ3) is 3.25. The second-order valence-electron chi connectivity index (χ2n) is 5.27. The average molecular weight is 317 g/mol. The highest BCUT2D eigenvalue weighted by molar-refractivity contribution is 7.89. The van der Waals surface area contributed by atoms with Crippen LogP contribution in [0.4, 0.5) is 0 Å². The topological polar surface area (TPSA) is 108 Å². The molecule has 0 saturated carbocycles. The summed E-state index contributed by atoms with van der Waals surface area (Å²) in [5, 5.41) is 0. The monoisotopic (exact) mass is 317 g/mol. The van der Waals surface area contributed by atoms with Crippen LogP contribution >= 0.6 is 0 Å². The maximum absolute atomic E-state index is 12.6. The van der Waals surface area contributed by atoms with E-state index in [1.807, 2.05) is 4.98 Å². The van der Waals surface area contributed by atoms with E-state index in [-0.39, 0.29) is 10.6 Å². The van der Waals surface area contributed by atoms with Crippen LogP contribution in [0, 0.1) is 6.92 Å². The van der Waals surface area contributed by atoms with E-state index in [1.54, 1.807) is 0 Å². The predicted molar refractivity (Wildman–Crippen MR) is 77.0 cm³/mol. The molecular formula is C12H21N4O4S+. The van der Waals surface area contributed by atoms with Gasteiger partial charge in [0.1, 0.15) is 0 Å². The van der Waals surface area contributed by atoms with Crippen molar-refractivity contribution in [2.45, 2.75) is 25.2 Å². The molecule has 118 valence electrons. The lowest BCUT2D eigenvalue weighted by Gasteiger charge is -2.31. The van der Waals surface area contributed by atoms with E-state index in [2.05, 4.69) is 11.9 Å². The quantitative estimate of drug-likeness (QED) is 0.579. The van der Waals surface area contributed by atoms with Crippen molar-refractivity contribution >= 4 is 10.0 Å². The van der Waals surface area contributed by atoms with Gasteiger partial charge in [0.25, 0.3) is 15.6 Å². The first-order chi connectivity index (χ1) is 9.86. The molecule has 3 N–H and O–H groups in total. The normalized spacial score (nSPS) is 18.0. The number of aryl methyl sites for hydroxylation is 1. The van der Waals surface area contributed by atoms with Crippen LogP contribution in [0.5, 0.6) is 0 Å². The fourth-order valence-corrected chi connectivity index (χ4v) is 4.32. The van der Waals surface area contributed by atoms with Gasteiger partial charge in [0.15, 0.2) is 4.90 Å². The zero-order valence-corrected chi connectivity index (χ0v) is 13.0. The van der Waals surface area contributed by atoms with E-state index in [0.717, 1.165) is 26.1 Å². The highest BCUT2D eigenvalue weighted by Crippen LogP contribution is 2.13. The van der Waals surface area contributed by atoms with Crippen molar-refractivity contribution in [1.29, 1.82) is 0 Å². The maximum Gasteiger partial charge on any atom is 0.325 e. The number of quaternary nitrogens is 1. The molecule has 1 saturated heterocycles. The number of aromatic amines is 2. The summed E-state index contributed by atoms with van der Waals surface area (Å²) in [4.78, 5) is 28.3. The van der Waals surface area contributed by atoms with E-state index in [0.29, 0.717) is 13.1 Å². The molecule has 2 heterocycles. The smallest absolute Gasteiger partial charge is 0.325 e. The lowest BCUT2D eigenvalue weighted by molar-refractivity contribution is -0.903. The Bertz CT molecular complexity index is 714. The van der Waals surface area contributed by atoms with Gasteiger partial charge in [-0.05, 0) is 13.3 Å². The molecule has 0 aliphatic carbocycles. The molecule has 1 aliphatic rings. The highest BCUT2D eigenvalue weighted by atomic mass is 32.2. The SMILES string of the molecule is CCC[NH+]1CCN(S(=O)(=O)c2c(C)[nH]c(=O)[nH]c2=O)CC1. The Labute approximate surface area is 122 Å². The fourth-order valence-electron chi connectivity index (χ4n) is 2.67. The van der Waals surface area contributed by atoms with Gasteiger partial charge < -0.3 is 9.88 Å². The molecule has 2 rings (SSSR count). The molecule has 0 atom stereocenters. The number of piperazine rings is 1. The van der Waals surface area contributed by atoms with Crippen LogP contribution in [0.1, 0.15) is 19.0 Å². The molecule has 0 unspecified atom stereocenters. The summed E-state index contributed by atoms with van der Waals surface area (Å²) >= 11 is 0. The summed E-state index contributed by atoms with van der Waals surface area (Å²) in [5.74, 6) is 0. The molecule has 1 aromatic heterocycles. The van der Waals surface area contributed by atoms with Gasteiger partial charge in [-0.1, -0.05) is 6.92 Å². The first kappa shape index (κ1) is 15.9. The van der Waals surface area contributed by atoms with Crippen molar-refractivity contribution in [3.05, 3.63) is 26.5 Å². The first-order valence-corrected chi connectivity index (χ1v) is 8.47. The van der Waals surface area contributed by atoms with Crippen LogP contribution in [0.15, 0.2) is 14.5 Å². The summed E-state index contributed by atoms with van der Waals surface area (Å²) in [6, 6.07) is 0. The van der Waals surface area contributed by atoms with E-state index in [1.165, 1.54) is 16.1 Å². The highest BCUT2D eigenvalue weighted by Gasteiger charge is 2.33. The summed E-state index contributed by atoms with van der Waals surface area (Å²) in [6.07, 6.45) is 1.06. The Morgan fingerprint density at radius 2 is 1.81 bits per heavy atom. The molecule has 1 fully saturated rings. The maximum atomic E-state index is 12.6.